The molecule has 0 saturated carbocycles. The van der Waals surface area contributed by atoms with E-state index in [1.165, 1.54) is 5.56 Å². The summed E-state index contributed by atoms with van der Waals surface area (Å²) in [7, 11) is 0. The van der Waals surface area contributed by atoms with Crippen molar-refractivity contribution >= 4 is 5.91 Å². The predicted octanol–water partition coefficient (Wildman–Crippen LogP) is 1.89. The van der Waals surface area contributed by atoms with E-state index < -0.39 is 5.54 Å². The van der Waals surface area contributed by atoms with Gasteiger partial charge in [0.2, 0.25) is 5.91 Å². The third kappa shape index (κ3) is 4.55. The van der Waals surface area contributed by atoms with Crippen LogP contribution in [0.5, 0.6) is 0 Å². The van der Waals surface area contributed by atoms with Crippen LogP contribution in [0.25, 0.3) is 0 Å². The van der Waals surface area contributed by atoms with Gasteiger partial charge >= 0.3 is 0 Å². The Hall–Kier alpha value is -1.39. The molecule has 4 heteroatoms. The zero-order valence-corrected chi connectivity index (χ0v) is 13.1. The Balaban J connectivity index is 1.77. The summed E-state index contributed by atoms with van der Waals surface area (Å²) in [5.74, 6) is -0.0218. The molecule has 0 aromatic heterocycles. The van der Waals surface area contributed by atoms with E-state index in [9.17, 15) is 4.79 Å². The third-order valence-electron chi connectivity index (χ3n) is 4.42. The molecule has 3 N–H and O–H groups in total. The average Bonchev–Trinajstić information content (AvgIpc) is 2.50. The number of nitrogens with two attached hydrogens (primary N) is 1. The van der Waals surface area contributed by atoms with E-state index in [4.69, 9.17) is 5.73 Å². The summed E-state index contributed by atoms with van der Waals surface area (Å²) in [6.07, 6.45) is 2.66. The number of amides is 1. The summed E-state index contributed by atoms with van der Waals surface area (Å²) in [6.45, 7) is 6.78. The highest BCUT2D eigenvalue weighted by molar-refractivity contribution is 5.85. The number of benzene rings is 1. The Kier molecular flexibility index (Phi) is 5.37. The van der Waals surface area contributed by atoms with Crippen LogP contribution >= 0.6 is 0 Å². The molecule has 1 aromatic carbocycles. The summed E-state index contributed by atoms with van der Waals surface area (Å²) in [6, 6.07) is 10.8. The molecule has 1 atom stereocenters. The van der Waals surface area contributed by atoms with Gasteiger partial charge in [0.15, 0.2) is 0 Å². The highest BCUT2D eigenvalue weighted by Gasteiger charge is 2.29. The molecule has 0 spiro atoms. The second-order valence-electron chi connectivity index (χ2n) is 6.28. The monoisotopic (exact) mass is 289 g/mol. The van der Waals surface area contributed by atoms with Crippen LogP contribution in [0.3, 0.4) is 0 Å². The van der Waals surface area contributed by atoms with Gasteiger partial charge < -0.3 is 11.1 Å². The Labute approximate surface area is 127 Å². The zero-order valence-electron chi connectivity index (χ0n) is 13.1. The molecule has 1 aliphatic rings. The number of carbonyl (C=O) groups is 1. The Morgan fingerprint density at radius 1 is 1.33 bits per heavy atom. The topological polar surface area (TPSA) is 58.4 Å². The first-order valence-corrected chi connectivity index (χ1v) is 7.87. The molecule has 1 heterocycles. The number of rotatable bonds is 5. The lowest BCUT2D eigenvalue weighted by Crippen LogP contribution is -2.55. The van der Waals surface area contributed by atoms with Crippen LogP contribution in [0.2, 0.25) is 0 Å². The standard InChI is InChI=1S/C17H27N3O/c1-3-17(2,18)16(21)19-15-9-11-20(12-10-15)13-14-7-5-4-6-8-14/h4-8,15H,3,9-13,18H2,1-2H3,(H,19,21). The van der Waals surface area contributed by atoms with Gasteiger partial charge in [-0.25, -0.2) is 0 Å². The minimum atomic E-state index is -0.749. The summed E-state index contributed by atoms with van der Waals surface area (Å²) < 4.78 is 0. The van der Waals surface area contributed by atoms with Crippen molar-refractivity contribution in [1.82, 2.24) is 10.2 Å². The SMILES string of the molecule is CCC(C)(N)C(=O)NC1CCN(Cc2ccccc2)CC1. The molecular weight excluding hydrogens is 262 g/mol. The second-order valence-corrected chi connectivity index (χ2v) is 6.28. The molecule has 0 radical (unpaired) electrons. The van der Waals surface area contributed by atoms with Crippen molar-refractivity contribution < 1.29 is 4.79 Å². The van der Waals surface area contributed by atoms with Gasteiger partial charge in [0, 0.05) is 25.7 Å². The van der Waals surface area contributed by atoms with Gasteiger partial charge in [0.1, 0.15) is 0 Å². The quantitative estimate of drug-likeness (QED) is 0.870. The number of piperidine rings is 1. The van der Waals surface area contributed by atoms with Crippen LogP contribution in [0.15, 0.2) is 30.3 Å². The Bertz CT molecular complexity index is 450. The van der Waals surface area contributed by atoms with Crippen molar-refractivity contribution in [2.45, 2.75) is 51.2 Å². The number of nitrogens with one attached hydrogen (secondary N) is 1. The molecule has 21 heavy (non-hydrogen) atoms. The van der Waals surface area contributed by atoms with E-state index in [1.807, 2.05) is 13.0 Å². The van der Waals surface area contributed by atoms with Crippen LogP contribution in [0, 0.1) is 0 Å². The Morgan fingerprint density at radius 2 is 1.95 bits per heavy atom. The van der Waals surface area contributed by atoms with Crippen LogP contribution < -0.4 is 11.1 Å². The van der Waals surface area contributed by atoms with Crippen molar-refractivity contribution in [2.24, 2.45) is 5.73 Å². The van der Waals surface area contributed by atoms with Crippen molar-refractivity contribution in [3.63, 3.8) is 0 Å². The number of likely N-dealkylation sites (tertiary alicyclic amines) is 1. The van der Waals surface area contributed by atoms with Gasteiger partial charge in [-0.1, -0.05) is 37.3 Å². The molecule has 4 nitrogen and oxygen atoms in total. The molecule has 1 aromatic rings. The van der Waals surface area contributed by atoms with E-state index in [0.29, 0.717) is 6.42 Å². The van der Waals surface area contributed by atoms with Crippen LogP contribution in [-0.2, 0) is 11.3 Å². The molecule has 2 rings (SSSR count). The zero-order chi connectivity index (χ0) is 15.3. The Morgan fingerprint density at radius 3 is 2.52 bits per heavy atom. The first kappa shape index (κ1) is 16.0. The molecule has 0 bridgehead atoms. The molecule has 116 valence electrons. The van der Waals surface area contributed by atoms with Gasteiger partial charge in [-0.3, -0.25) is 9.69 Å². The second kappa shape index (κ2) is 7.05. The van der Waals surface area contributed by atoms with Crippen molar-refractivity contribution in [1.29, 1.82) is 0 Å². The smallest absolute Gasteiger partial charge is 0.240 e. The fourth-order valence-electron chi connectivity index (χ4n) is 2.59. The highest BCUT2D eigenvalue weighted by atomic mass is 16.2. The third-order valence-corrected chi connectivity index (χ3v) is 4.42. The van der Waals surface area contributed by atoms with E-state index in [-0.39, 0.29) is 11.9 Å². The summed E-state index contributed by atoms with van der Waals surface area (Å²) in [5, 5.41) is 3.10. The molecule has 1 unspecified atom stereocenters. The maximum Gasteiger partial charge on any atom is 0.240 e. The fraction of sp³-hybridized carbons (Fsp3) is 0.588. The minimum Gasteiger partial charge on any atom is -0.352 e. The predicted molar refractivity (Wildman–Crippen MR) is 85.8 cm³/mol. The largest absolute Gasteiger partial charge is 0.352 e. The van der Waals surface area contributed by atoms with Crippen LogP contribution in [0.4, 0.5) is 0 Å². The summed E-state index contributed by atoms with van der Waals surface area (Å²) >= 11 is 0. The molecule has 1 fully saturated rings. The van der Waals surface area contributed by atoms with E-state index in [2.05, 4.69) is 34.5 Å². The molecule has 0 aliphatic carbocycles. The van der Waals surface area contributed by atoms with Gasteiger partial charge in [0.25, 0.3) is 0 Å². The lowest BCUT2D eigenvalue weighted by Gasteiger charge is -2.34. The van der Waals surface area contributed by atoms with Crippen molar-refractivity contribution in [3.05, 3.63) is 35.9 Å². The normalized spacial score (nSPS) is 20.0. The van der Waals surface area contributed by atoms with E-state index >= 15 is 0 Å². The molecule has 1 amide bonds. The maximum atomic E-state index is 12.1. The first-order valence-electron chi connectivity index (χ1n) is 7.87. The number of nitrogens with zero attached hydrogens (tertiary/aromatic N) is 1. The maximum absolute atomic E-state index is 12.1. The average molecular weight is 289 g/mol. The summed E-state index contributed by atoms with van der Waals surface area (Å²) in [5.41, 5.74) is 6.58. The van der Waals surface area contributed by atoms with E-state index in [1.54, 1.807) is 6.92 Å². The molecule has 1 aliphatic heterocycles. The first-order chi connectivity index (χ1) is 10.0. The van der Waals surface area contributed by atoms with Crippen molar-refractivity contribution in [2.75, 3.05) is 13.1 Å². The molecule has 1 saturated heterocycles. The number of hydrogen-bond acceptors (Lipinski definition) is 3. The van der Waals surface area contributed by atoms with Crippen molar-refractivity contribution in [3.8, 4) is 0 Å². The minimum absolute atomic E-state index is 0.0218. The number of hydrogen-bond donors (Lipinski definition) is 2. The lowest BCUT2D eigenvalue weighted by atomic mass is 9.97. The van der Waals surface area contributed by atoms with Gasteiger partial charge in [-0.2, -0.15) is 0 Å². The van der Waals surface area contributed by atoms with Gasteiger partial charge in [0.05, 0.1) is 5.54 Å². The fourth-order valence-corrected chi connectivity index (χ4v) is 2.59. The molecular formula is C17H27N3O. The van der Waals surface area contributed by atoms with Crippen LogP contribution in [-0.4, -0.2) is 35.5 Å². The highest BCUT2D eigenvalue weighted by Crippen LogP contribution is 2.15. The summed E-state index contributed by atoms with van der Waals surface area (Å²) in [4.78, 5) is 14.5. The van der Waals surface area contributed by atoms with Gasteiger partial charge in [-0.05, 0) is 31.7 Å². The number of carbonyl (C=O) groups excluding carboxylic acids is 1. The lowest BCUT2D eigenvalue weighted by molar-refractivity contribution is -0.126. The van der Waals surface area contributed by atoms with Gasteiger partial charge in [-0.15, -0.1) is 0 Å². The van der Waals surface area contributed by atoms with E-state index in [0.717, 1.165) is 32.5 Å². The van der Waals surface area contributed by atoms with Crippen LogP contribution in [0.1, 0.15) is 38.7 Å².